The maximum atomic E-state index is 5.50. The van der Waals surface area contributed by atoms with E-state index in [4.69, 9.17) is 9.47 Å². The van der Waals surface area contributed by atoms with Gasteiger partial charge in [0, 0.05) is 25.7 Å². The fraction of sp³-hybridized carbons (Fsp3) is 0.333. The first-order valence-electron chi connectivity index (χ1n) is 6.81. The minimum atomic E-state index is 0.482. The Kier molecular flexibility index (Phi) is 6.82. The molecule has 1 aromatic heterocycles. The van der Waals surface area contributed by atoms with Gasteiger partial charge in [0.15, 0.2) is 0 Å². The lowest BCUT2D eigenvalue weighted by molar-refractivity contribution is 0.0913. The second-order valence-electron chi connectivity index (χ2n) is 4.39. The summed E-state index contributed by atoms with van der Waals surface area (Å²) in [7, 11) is 1.68. The molecule has 0 radical (unpaired) electrons. The van der Waals surface area contributed by atoms with Gasteiger partial charge in [-0.05, 0) is 37.4 Å². The highest BCUT2D eigenvalue weighted by molar-refractivity contribution is 7.13. The Labute approximate surface area is 133 Å². The van der Waals surface area contributed by atoms with Crippen LogP contribution in [-0.2, 0) is 16.1 Å². The summed E-state index contributed by atoms with van der Waals surface area (Å²) < 4.78 is 10.5. The van der Waals surface area contributed by atoms with Gasteiger partial charge in [-0.15, -0.1) is 21.6 Å². The van der Waals surface area contributed by atoms with Crippen molar-refractivity contribution in [2.75, 3.05) is 20.3 Å². The number of rotatable bonds is 9. The number of methoxy groups -OCH3 is 1. The summed E-state index contributed by atoms with van der Waals surface area (Å²) in [6, 6.07) is 7.34. The van der Waals surface area contributed by atoms with Crippen molar-refractivity contribution in [1.29, 1.82) is 0 Å². The molecule has 116 valence electrons. The quantitative estimate of drug-likeness (QED) is 0.390. The molecule has 6 nitrogen and oxygen atoms in total. The molecule has 7 heteroatoms. The molecule has 0 spiro atoms. The summed E-state index contributed by atoms with van der Waals surface area (Å²) in [4.78, 5) is 8.18. The molecule has 1 aromatic carbocycles. The van der Waals surface area contributed by atoms with Gasteiger partial charge in [0.1, 0.15) is 0 Å². The molecule has 2 rings (SSSR count). The van der Waals surface area contributed by atoms with Crippen molar-refractivity contribution in [3.63, 3.8) is 0 Å². The molecule has 22 heavy (non-hydrogen) atoms. The smallest absolute Gasteiger partial charge is 0.230 e. The van der Waals surface area contributed by atoms with Crippen LogP contribution in [0.1, 0.15) is 12.1 Å². The molecule has 0 aliphatic carbocycles. The summed E-state index contributed by atoms with van der Waals surface area (Å²) in [5.41, 5.74) is 2.42. The third-order valence-corrected chi connectivity index (χ3v) is 3.48. The zero-order valence-electron chi connectivity index (χ0n) is 12.4. The van der Waals surface area contributed by atoms with Gasteiger partial charge in [-0.25, -0.2) is 4.98 Å². The van der Waals surface area contributed by atoms with Crippen LogP contribution in [0.25, 0.3) is 0 Å². The predicted molar refractivity (Wildman–Crippen MR) is 88.1 cm³/mol. The number of hydrogen-bond donors (Lipinski definition) is 0. The van der Waals surface area contributed by atoms with Crippen molar-refractivity contribution in [3.8, 4) is 0 Å². The number of aliphatic imine (C=N–C) groups is 1. The second kappa shape index (κ2) is 9.14. The van der Waals surface area contributed by atoms with Crippen molar-refractivity contribution in [3.05, 3.63) is 35.3 Å². The number of ether oxygens (including phenoxy) is 2. The molecule has 1 heterocycles. The molecule has 2 aromatic rings. The highest BCUT2D eigenvalue weighted by atomic mass is 32.1. The zero-order valence-corrected chi connectivity index (χ0v) is 13.3. The number of benzene rings is 1. The Morgan fingerprint density at radius 2 is 1.91 bits per heavy atom. The minimum Gasteiger partial charge on any atom is -0.385 e. The largest absolute Gasteiger partial charge is 0.385 e. The summed E-state index contributed by atoms with van der Waals surface area (Å²) in [6.45, 7) is 5.31. The van der Waals surface area contributed by atoms with E-state index in [1.54, 1.807) is 7.11 Å². The van der Waals surface area contributed by atoms with Crippen LogP contribution in [0.15, 0.2) is 44.9 Å². The van der Waals surface area contributed by atoms with Crippen molar-refractivity contribution in [2.45, 2.75) is 13.0 Å². The lowest BCUT2D eigenvalue weighted by Crippen LogP contribution is -1.99. The fourth-order valence-electron chi connectivity index (χ4n) is 1.62. The number of hydrogen-bond acceptors (Lipinski definition) is 7. The fourth-order valence-corrected chi connectivity index (χ4v) is 2.24. The van der Waals surface area contributed by atoms with Crippen LogP contribution in [0.5, 0.6) is 0 Å². The molecule has 0 bridgehead atoms. The molecule has 0 amide bonds. The van der Waals surface area contributed by atoms with E-state index >= 15 is 0 Å². The predicted octanol–water partition coefficient (Wildman–Crippen LogP) is 4.44. The molecule has 0 atom stereocenters. The van der Waals surface area contributed by atoms with Crippen LogP contribution in [0, 0.1) is 0 Å². The Morgan fingerprint density at radius 3 is 2.64 bits per heavy atom. The van der Waals surface area contributed by atoms with E-state index < -0.39 is 0 Å². The van der Waals surface area contributed by atoms with E-state index in [1.165, 1.54) is 11.3 Å². The molecule has 0 N–H and O–H groups in total. The van der Waals surface area contributed by atoms with Crippen molar-refractivity contribution < 1.29 is 9.47 Å². The number of thiazole rings is 1. The highest BCUT2D eigenvalue weighted by Gasteiger charge is 2.01. The molecule has 0 fully saturated rings. The van der Waals surface area contributed by atoms with Crippen molar-refractivity contribution >= 4 is 34.6 Å². The Morgan fingerprint density at radius 1 is 1.14 bits per heavy atom. The molecule has 0 unspecified atom stereocenters. The van der Waals surface area contributed by atoms with Gasteiger partial charge in [0.05, 0.1) is 23.7 Å². The van der Waals surface area contributed by atoms with Gasteiger partial charge in [-0.2, -0.15) is 0 Å². The summed E-state index contributed by atoms with van der Waals surface area (Å²) in [6.07, 6.45) is 0.878. The van der Waals surface area contributed by atoms with Crippen LogP contribution in [0.4, 0.5) is 16.5 Å². The van der Waals surface area contributed by atoms with Crippen LogP contribution in [0.2, 0.25) is 0 Å². The lowest BCUT2D eigenvalue weighted by atomic mass is 10.3. The van der Waals surface area contributed by atoms with Gasteiger partial charge in [-0.1, -0.05) is 0 Å². The third kappa shape index (κ3) is 5.44. The van der Waals surface area contributed by atoms with Gasteiger partial charge < -0.3 is 9.47 Å². The molecule has 0 saturated heterocycles. The van der Waals surface area contributed by atoms with Gasteiger partial charge in [0.2, 0.25) is 5.13 Å². The summed E-state index contributed by atoms with van der Waals surface area (Å²) >= 11 is 1.44. The minimum absolute atomic E-state index is 0.482. The SMILES string of the molecule is C=Nc1ccc(N=Nc2nc(COCCCOC)cs2)cc1. The van der Waals surface area contributed by atoms with E-state index in [2.05, 4.69) is 26.9 Å². The maximum absolute atomic E-state index is 5.50. The lowest BCUT2D eigenvalue weighted by Gasteiger charge is -2.00. The first-order valence-corrected chi connectivity index (χ1v) is 7.69. The van der Waals surface area contributed by atoms with Crippen LogP contribution >= 0.6 is 11.3 Å². The van der Waals surface area contributed by atoms with E-state index in [0.29, 0.717) is 25.0 Å². The molecular weight excluding hydrogens is 300 g/mol. The van der Waals surface area contributed by atoms with Crippen LogP contribution in [-0.4, -0.2) is 32.0 Å². The Bertz CT molecular complexity index is 610. The van der Waals surface area contributed by atoms with E-state index in [1.807, 2.05) is 29.6 Å². The molecular formula is C15H18N4O2S. The highest BCUT2D eigenvalue weighted by Crippen LogP contribution is 2.24. The number of aromatic nitrogens is 1. The Balaban J connectivity index is 1.82. The van der Waals surface area contributed by atoms with E-state index in [9.17, 15) is 0 Å². The number of azo groups is 1. The molecule has 0 aliphatic rings. The summed E-state index contributed by atoms with van der Waals surface area (Å²) in [5, 5.41) is 10.8. The Hall–Kier alpha value is -1.96. The average Bonchev–Trinajstić information content (AvgIpc) is 3.01. The topological polar surface area (TPSA) is 68.4 Å². The normalized spacial score (nSPS) is 11.1. The second-order valence-corrected chi connectivity index (χ2v) is 5.23. The summed E-state index contributed by atoms with van der Waals surface area (Å²) in [5.74, 6) is 0. The zero-order chi connectivity index (χ0) is 15.6. The van der Waals surface area contributed by atoms with Gasteiger partial charge >= 0.3 is 0 Å². The van der Waals surface area contributed by atoms with Crippen LogP contribution < -0.4 is 0 Å². The standard InChI is InChI=1S/C15H18N4O2S/c1-16-12-4-6-13(7-5-12)18-19-15-17-14(11-22-15)10-21-9-3-8-20-2/h4-7,11H,1,3,8-10H2,2H3. The van der Waals surface area contributed by atoms with Gasteiger partial charge in [-0.3, -0.25) is 4.99 Å². The van der Waals surface area contributed by atoms with Crippen molar-refractivity contribution in [2.24, 2.45) is 15.2 Å². The molecule has 0 aliphatic heterocycles. The van der Waals surface area contributed by atoms with Crippen LogP contribution in [0.3, 0.4) is 0 Å². The monoisotopic (exact) mass is 318 g/mol. The van der Waals surface area contributed by atoms with E-state index in [0.717, 1.165) is 23.5 Å². The first kappa shape index (κ1) is 16.4. The third-order valence-electron chi connectivity index (χ3n) is 2.71. The van der Waals surface area contributed by atoms with E-state index in [-0.39, 0.29) is 0 Å². The maximum Gasteiger partial charge on any atom is 0.230 e. The first-order chi connectivity index (χ1) is 10.8. The average molecular weight is 318 g/mol. The van der Waals surface area contributed by atoms with Crippen molar-refractivity contribution in [1.82, 2.24) is 4.98 Å². The molecule has 0 saturated carbocycles. The number of nitrogens with zero attached hydrogens (tertiary/aromatic N) is 4. The van der Waals surface area contributed by atoms with Gasteiger partial charge in [0.25, 0.3) is 0 Å².